The smallest absolute Gasteiger partial charge is 0.337 e. The second kappa shape index (κ2) is 8.92. The molecule has 2 aromatic carbocycles. The summed E-state index contributed by atoms with van der Waals surface area (Å²) >= 11 is 0. The van der Waals surface area contributed by atoms with Crippen molar-refractivity contribution < 1.29 is 19.4 Å². The molecule has 0 bridgehead atoms. The quantitative estimate of drug-likeness (QED) is 0.361. The minimum Gasteiger partial charge on any atom is -0.493 e. The Labute approximate surface area is 210 Å². The molecule has 2 aromatic heterocycles. The number of fused-ring (bicyclic) bond motifs is 1. The van der Waals surface area contributed by atoms with Crippen molar-refractivity contribution in [2.24, 2.45) is 0 Å². The van der Waals surface area contributed by atoms with Gasteiger partial charge in [-0.3, -0.25) is 4.98 Å². The highest BCUT2D eigenvalue weighted by Gasteiger charge is 2.32. The lowest BCUT2D eigenvalue weighted by Gasteiger charge is -2.29. The summed E-state index contributed by atoms with van der Waals surface area (Å²) in [5.74, 6) is 5.66. The maximum Gasteiger partial charge on any atom is 0.337 e. The van der Waals surface area contributed by atoms with Gasteiger partial charge in [-0.1, -0.05) is 5.92 Å². The second-order valence-electron chi connectivity index (χ2n) is 9.97. The van der Waals surface area contributed by atoms with Gasteiger partial charge in [0.25, 0.3) is 0 Å². The standard InChI is InChI=1S/C30H28N2O4/c1-6-7-19-8-9-20-22(32-19)16-17(2)24(28(29(33)34)36-30(3,4)5)26(20)21-10-11-23-25-18(13-15-35-23)12-14-31-27(21)25/h8-12,14,16,28H,13,15H2,1-5H3,(H,33,34)/t28-/m0/s1. The fraction of sp³-hybridized carbons (Fsp3) is 0.300. The maximum atomic E-state index is 12.6. The molecule has 1 aliphatic heterocycles. The number of nitrogens with zero attached hydrogens (tertiary/aromatic N) is 2. The van der Waals surface area contributed by atoms with Gasteiger partial charge in [0.15, 0.2) is 6.10 Å². The molecule has 182 valence electrons. The SMILES string of the molecule is CC#Cc1ccc2c(-c3ccc4c5c(ccnc35)CCO4)c([C@H](OC(C)(C)C)C(=O)O)c(C)cc2n1. The van der Waals surface area contributed by atoms with Crippen molar-refractivity contribution in [1.29, 1.82) is 0 Å². The third-order valence-corrected chi connectivity index (χ3v) is 6.29. The van der Waals surface area contributed by atoms with E-state index >= 15 is 0 Å². The molecule has 0 unspecified atom stereocenters. The number of pyridine rings is 2. The van der Waals surface area contributed by atoms with E-state index in [0.29, 0.717) is 17.9 Å². The first-order chi connectivity index (χ1) is 17.2. The van der Waals surface area contributed by atoms with Crippen molar-refractivity contribution >= 4 is 27.8 Å². The highest BCUT2D eigenvalue weighted by Crippen LogP contribution is 2.44. The van der Waals surface area contributed by atoms with E-state index in [0.717, 1.165) is 50.7 Å². The summed E-state index contributed by atoms with van der Waals surface area (Å²) in [6.45, 7) is 9.88. The molecule has 6 heteroatoms. The van der Waals surface area contributed by atoms with Crippen molar-refractivity contribution in [2.45, 2.75) is 52.7 Å². The number of carboxylic acid groups (broad SMARTS) is 1. The van der Waals surface area contributed by atoms with Gasteiger partial charge >= 0.3 is 5.97 Å². The van der Waals surface area contributed by atoms with Crippen LogP contribution in [0.3, 0.4) is 0 Å². The number of aryl methyl sites for hydroxylation is 1. The molecule has 0 fully saturated rings. The fourth-order valence-electron chi connectivity index (χ4n) is 4.94. The Kier molecular flexibility index (Phi) is 5.89. The number of aliphatic carboxylic acids is 1. The molecule has 0 saturated carbocycles. The van der Waals surface area contributed by atoms with E-state index in [2.05, 4.69) is 11.8 Å². The van der Waals surface area contributed by atoms with Gasteiger partial charge in [0.2, 0.25) is 0 Å². The first-order valence-electron chi connectivity index (χ1n) is 12.0. The molecule has 1 atom stereocenters. The van der Waals surface area contributed by atoms with Crippen LogP contribution >= 0.6 is 0 Å². The average Bonchev–Trinajstić information content (AvgIpc) is 2.82. The summed E-state index contributed by atoms with van der Waals surface area (Å²) in [7, 11) is 0. The van der Waals surface area contributed by atoms with Gasteiger partial charge < -0.3 is 14.6 Å². The summed E-state index contributed by atoms with van der Waals surface area (Å²) in [5, 5.41) is 12.1. The molecule has 0 radical (unpaired) electrons. The number of ether oxygens (including phenoxy) is 2. The zero-order valence-corrected chi connectivity index (χ0v) is 21.1. The van der Waals surface area contributed by atoms with Gasteiger partial charge in [-0.15, -0.1) is 0 Å². The van der Waals surface area contributed by atoms with E-state index in [1.807, 2.05) is 64.1 Å². The van der Waals surface area contributed by atoms with Crippen LogP contribution in [0.5, 0.6) is 5.75 Å². The number of hydrogen-bond donors (Lipinski definition) is 1. The molecular weight excluding hydrogens is 452 g/mol. The first-order valence-corrected chi connectivity index (χ1v) is 12.0. The van der Waals surface area contributed by atoms with E-state index in [1.54, 1.807) is 13.1 Å². The van der Waals surface area contributed by atoms with Crippen LogP contribution in [0.15, 0.2) is 42.6 Å². The van der Waals surface area contributed by atoms with E-state index in [9.17, 15) is 9.90 Å². The fourth-order valence-corrected chi connectivity index (χ4v) is 4.94. The zero-order valence-electron chi connectivity index (χ0n) is 21.1. The van der Waals surface area contributed by atoms with Crippen LogP contribution in [0.25, 0.3) is 32.9 Å². The van der Waals surface area contributed by atoms with Gasteiger partial charge in [0.05, 0.1) is 23.2 Å². The van der Waals surface area contributed by atoms with Crippen molar-refractivity contribution in [2.75, 3.05) is 6.61 Å². The number of hydrogen-bond acceptors (Lipinski definition) is 5. The lowest BCUT2D eigenvalue weighted by Crippen LogP contribution is -2.28. The second-order valence-corrected chi connectivity index (χ2v) is 9.97. The molecule has 3 heterocycles. The molecular formula is C30H28N2O4. The Bertz CT molecular complexity index is 1580. The summed E-state index contributed by atoms with van der Waals surface area (Å²) in [5.41, 5.74) is 5.62. The van der Waals surface area contributed by atoms with Gasteiger partial charge in [-0.2, -0.15) is 0 Å². The van der Waals surface area contributed by atoms with Crippen molar-refractivity contribution in [3.63, 3.8) is 0 Å². The molecule has 4 aromatic rings. The van der Waals surface area contributed by atoms with Crippen LogP contribution in [0, 0.1) is 18.8 Å². The van der Waals surface area contributed by atoms with Crippen molar-refractivity contribution in [1.82, 2.24) is 9.97 Å². The summed E-state index contributed by atoms with van der Waals surface area (Å²) in [6.07, 6.45) is 1.42. The normalized spacial score (nSPS) is 13.7. The van der Waals surface area contributed by atoms with Crippen molar-refractivity contribution in [3.05, 3.63) is 65.0 Å². The monoisotopic (exact) mass is 480 g/mol. The van der Waals surface area contributed by atoms with Gasteiger partial charge in [-0.25, -0.2) is 9.78 Å². The van der Waals surface area contributed by atoms with Crippen molar-refractivity contribution in [3.8, 4) is 28.7 Å². The first kappa shape index (κ1) is 23.8. The largest absolute Gasteiger partial charge is 0.493 e. The van der Waals surface area contributed by atoms with Crippen LogP contribution in [0.2, 0.25) is 0 Å². The molecule has 6 nitrogen and oxygen atoms in total. The molecule has 36 heavy (non-hydrogen) atoms. The van der Waals surface area contributed by atoms with E-state index < -0.39 is 17.7 Å². The third-order valence-electron chi connectivity index (χ3n) is 6.29. The molecule has 0 amide bonds. The number of aromatic nitrogens is 2. The average molecular weight is 481 g/mol. The summed E-state index contributed by atoms with van der Waals surface area (Å²) in [4.78, 5) is 22.1. The van der Waals surface area contributed by atoms with Crippen LogP contribution in [-0.4, -0.2) is 33.3 Å². The number of benzene rings is 2. The maximum absolute atomic E-state index is 12.6. The summed E-state index contributed by atoms with van der Waals surface area (Å²) < 4.78 is 12.1. The van der Waals surface area contributed by atoms with E-state index in [-0.39, 0.29) is 0 Å². The molecule has 0 saturated heterocycles. The summed E-state index contributed by atoms with van der Waals surface area (Å²) in [6, 6.07) is 11.7. The molecule has 1 aliphatic rings. The Balaban J connectivity index is 1.91. The number of carbonyl (C=O) groups is 1. The third kappa shape index (κ3) is 4.16. The number of carboxylic acids is 1. The predicted molar refractivity (Wildman–Crippen MR) is 140 cm³/mol. The predicted octanol–water partition coefficient (Wildman–Crippen LogP) is 6.01. The molecule has 5 rings (SSSR count). The lowest BCUT2D eigenvalue weighted by molar-refractivity contribution is -0.160. The van der Waals surface area contributed by atoms with E-state index in [4.69, 9.17) is 19.4 Å². The Morgan fingerprint density at radius 1 is 1.19 bits per heavy atom. The molecule has 0 spiro atoms. The van der Waals surface area contributed by atoms with Crippen LogP contribution < -0.4 is 4.74 Å². The Hall–Kier alpha value is -3.95. The molecule has 0 aliphatic carbocycles. The van der Waals surface area contributed by atoms with Gasteiger partial charge in [0, 0.05) is 34.5 Å². The Morgan fingerprint density at radius 3 is 2.72 bits per heavy atom. The highest BCUT2D eigenvalue weighted by molar-refractivity contribution is 6.08. The van der Waals surface area contributed by atoms with Crippen LogP contribution in [0.4, 0.5) is 0 Å². The molecule has 1 N–H and O–H groups in total. The minimum absolute atomic E-state index is 0.597. The Morgan fingerprint density at radius 2 is 2.00 bits per heavy atom. The van der Waals surface area contributed by atoms with Crippen LogP contribution in [0.1, 0.15) is 56.2 Å². The number of rotatable bonds is 4. The topological polar surface area (TPSA) is 81.5 Å². The van der Waals surface area contributed by atoms with Gasteiger partial charge in [0.1, 0.15) is 11.4 Å². The lowest BCUT2D eigenvalue weighted by atomic mass is 9.86. The highest BCUT2D eigenvalue weighted by atomic mass is 16.5. The van der Waals surface area contributed by atoms with E-state index in [1.165, 1.54) is 5.56 Å². The zero-order chi connectivity index (χ0) is 25.6. The van der Waals surface area contributed by atoms with Crippen LogP contribution in [-0.2, 0) is 16.0 Å². The van der Waals surface area contributed by atoms with Gasteiger partial charge in [-0.05, 0) is 93.6 Å². The minimum atomic E-state index is -1.18.